The molecule has 1 aromatic heterocycles. The Morgan fingerprint density at radius 3 is 2.12 bits per heavy atom. The fourth-order valence-corrected chi connectivity index (χ4v) is 3.85. The van der Waals surface area contributed by atoms with Gasteiger partial charge in [-0.3, -0.25) is 9.69 Å². The van der Waals surface area contributed by atoms with Crippen molar-refractivity contribution in [3.8, 4) is 0 Å². The number of benzene rings is 3. The smallest absolute Gasteiger partial charge is 0.233 e. The molecule has 0 saturated carbocycles. The Bertz CT molecular complexity index is 979. The van der Waals surface area contributed by atoms with E-state index in [-0.39, 0.29) is 5.91 Å². The molecular weight excluding hydrogens is 340 g/mol. The van der Waals surface area contributed by atoms with Crippen molar-refractivity contribution >= 4 is 32.6 Å². The van der Waals surface area contributed by atoms with Crippen LogP contribution < -0.4 is 4.90 Å². The van der Waals surface area contributed by atoms with Crippen molar-refractivity contribution in [2.45, 2.75) is 13.0 Å². The molecule has 4 rings (SSSR count). The third-order valence-electron chi connectivity index (χ3n) is 4.20. The van der Waals surface area contributed by atoms with Gasteiger partial charge in [0.15, 0.2) is 5.13 Å². The first-order valence-electron chi connectivity index (χ1n) is 8.53. The molecule has 0 aliphatic heterocycles. The van der Waals surface area contributed by atoms with E-state index in [0.717, 1.165) is 26.5 Å². The Morgan fingerprint density at radius 1 is 0.808 bits per heavy atom. The quantitative estimate of drug-likeness (QED) is 0.499. The van der Waals surface area contributed by atoms with Crippen LogP contribution in [-0.4, -0.2) is 10.9 Å². The number of nitrogens with zero attached hydrogens (tertiary/aromatic N) is 2. The SMILES string of the molecule is O=C(Cc1ccccc1)N(Cc1ccccc1)c1nc2ccccc2s1. The Hall–Kier alpha value is -2.98. The van der Waals surface area contributed by atoms with Crippen molar-refractivity contribution in [3.63, 3.8) is 0 Å². The maximum absolute atomic E-state index is 13.1. The van der Waals surface area contributed by atoms with E-state index in [9.17, 15) is 4.79 Å². The van der Waals surface area contributed by atoms with Gasteiger partial charge in [-0.1, -0.05) is 84.1 Å². The molecule has 128 valence electrons. The number of thiazole rings is 1. The molecule has 0 aliphatic carbocycles. The number of amides is 1. The van der Waals surface area contributed by atoms with Crippen molar-refractivity contribution in [2.24, 2.45) is 0 Å². The van der Waals surface area contributed by atoms with E-state index in [1.54, 1.807) is 16.2 Å². The van der Waals surface area contributed by atoms with Crippen LogP contribution in [0.4, 0.5) is 5.13 Å². The number of carbonyl (C=O) groups is 1. The zero-order chi connectivity index (χ0) is 17.8. The zero-order valence-electron chi connectivity index (χ0n) is 14.2. The van der Waals surface area contributed by atoms with Gasteiger partial charge in [-0.25, -0.2) is 4.98 Å². The van der Waals surface area contributed by atoms with Crippen LogP contribution in [-0.2, 0) is 17.8 Å². The minimum Gasteiger partial charge on any atom is -0.283 e. The Kier molecular flexibility index (Phi) is 4.75. The number of aromatic nitrogens is 1. The summed E-state index contributed by atoms with van der Waals surface area (Å²) < 4.78 is 1.09. The highest BCUT2D eigenvalue weighted by Gasteiger charge is 2.20. The maximum atomic E-state index is 13.1. The molecule has 1 heterocycles. The van der Waals surface area contributed by atoms with Crippen LogP contribution in [0.2, 0.25) is 0 Å². The standard InChI is InChI=1S/C22H18N2OS/c25-21(15-17-9-3-1-4-10-17)24(16-18-11-5-2-6-12-18)22-23-19-13-7-8-14-20(19)26-22/h1-14H,15-16H2. The summed E-state index contributed by atoms with van der Waals surface area (Å²) >= 11 is 1.56. The molecule has 3 nitrogen and oxygen atoms in total. The van der Waals surface area contributed by atoms with Gasteiger partial charge in [0.25, 0.3) is 0 Å². The monoisotopic (exact) mass is 358 g/mol. The zero-order valence-corrected chi connectivity index (χ0v) is 15.0. The second kappa shape index (κ2) is 7.50. The lowest BCUT2D eigenvalue weighted by Gasteiger charge is -2.20. The molecule has 4 aromatic rings. The van der Waals surface area contributed by atoms with Crippen LogP contribution in [0.25, 0.3) is 10.2 Å². The summed E-state index contributed by atoms with van der Waals surface area (Å²) in [5.41, 5.74) is 3.03. The van der Waals surface area contributed by atoms with Crippen LogP contribution in [0.3, 0.4) is 0 Å². The van der Waals surface area contributed by atoms with Crippen molar-refractivity contribution in [2.75, 3.05) is 4.90 Å². The van der Waals surface area contributed by atoms with Crippen LogP contribution >= 0.6 is 11.3 Å². The highest BCUT2D eigenvalue weighted by molar-refractivity contribution is 7.22. The molecule has 0 spiro atoms. The molecule has 0 radical (unpaired) electrons. The minimum atomic E-state index is 0.0547. The summed E-state index contributed by atoms with van der Waals surface area (Å²) in [6, 6.07) is 27.9. The van der Waals surface area contributed by atoms with Gasteiger partial charge < -0.3 is 0 Å². The normalized spacial score (nSPS) is 10.8. The fourth-order valence-electron chi connectivity index (χ4n) is 2.87. The van der Waals surface area contributed by atoms with E-state index in [1.807, 2.05) is 84.9 Å². The van der Waals surface area contributed by atoms with Gasteiger partial charge in [0.2, 0.25) is 5.91 Å². The van der Waals surface area contributed by atoms with Gasteiger partial charge in [0.05, 0.1) is 23.2 Å². The summed E-state index contributed by atoms with van der Waals surface area (Å²) in [6.07, 6.45) is 0.365. The first kappa shape index (κ1) is 16.5. The lowest BCUT2D eigenvalue weighted by molar-refractivity contribution is -0.118. The average Bonchev–Trinajstić information content (AvgIpc) is 3.11. The number of hydrogen-bond acceptors (Lipinski definition) is 3. The first-order valence-corrected chi connectivity index (χ1v) is 9.35. The average molecular weight is 358 g/mol. The lowest BCUT2D eigenvalue weighted by Crippen LogP contribution is -2.31. The van der Waals surface area contributed by atoms with Gasteiger partial charge in [-0.2, -0.15) is 0 Å². The summed E-state index contributed by atoms with van der Waals surface area (Å²) in [7, 11) is 0. The number of fused-ring (bicyclic) bond motifs is 1. The summed E-state index contributed by atoms with van der Waals surface area (Å²) in [4.78, 5) is 19.6. The Labute approximate surface area is 156 Å². The first-order chi connectivity index (χ1) is 12.8. The Balaban J connectivity index is 1.67. The minimum absolute atomic E-state index is 0.0547. The van der Waals surface area contributed by atoms with Gasteiger partial charge in [0, 0.05) is 0 Å². The van der Waals surface area contributed by atoms with Crippen molar-refractivity contribution < 1.29 is 4.79 Å². The molecule has 26 heavy (non-hydrogen) atoms. The molecule has 0 atom stereocenters. The largest absolute Gasteiger partial charge is 0.283 e. The van der Waals surface area contributed by atoms with Gasteiger partial charge >= 0.3 is 0 Å². The predicted molar refractivity (Wildman–Crippen MR) is 107 cm³/mol. The van der Waals surface area contributed by atoms with E-state index in [2.05, 4.69) is 0 Å². The Morgan fingerprint density at radius 2 is 1.42 bits per heavy atom. The molecule has 4 heteroatoms. The van der Waals surface area contributed by atoms with E-state index >= 15 is 0 Å². The van der Waals surface area contributed by atoms with Gasteiger partial charge in [-0.05, 0) is 23.3 Å². The predicted octanol–water partition coefficient (Wildman–Crippen LogP) is 5.07. The maximum Gasteiger partial charge on any atom is 0.233 e. The topological polar surface area (TPSA) is 33.2 Å². The molecule has 0 saturated heterocycles. The van der Waals surface area contributed by atoms with Gasteiger partial charge in [0.1, 0.15) is 0 Å². The number of carbonyl (C=O) groups excluding carboxylic acids is 1. The second-order valence-corrected chi connectivity index (χ2v) is 7.10. The van der Waals surface area contributed by atoms with E-state index in [0.29, 0.717) is 13.0 Å². The highest BCUT2D eigenvalue weighted by Crippen LogP contribution is 2.30. The fraction of sp³-hybridized carbons (Fsp3) is 0.0909. The summed E-state index contributed by atoms with van der Waals surface area (Å²) in [6.45, 7) is 0.520. The number of para-hydroxylation sites is 1. The molecule has 0 fully saturated rings. The molecule has 0 aliphatic rings. The van der Waals surface area contributed by atoms with Crippen molar-refractivity contribution in [1.29, 1.82) is 0 Å². The summed E-state index contributed by atoms with van der Waals surface area (Å²) in [5.74, 6) is 0.0547. The highest BCUT2D eigenvalue weighted by atomic mass is 32.1. The molecule has 0 N–H and O–H groups in total. The van der Waals surface area contributed by atoms with Crippen LogP contribution in [0.1, 0.15) is 11.1 Å². The van der Waals surface area contributed by atoms with Crippen molar-refractivity contribution in [3.05, 3.63) is 96.1 Å². The van der Waals surface area contributed by atoms with E-state index < -0.39 is 0 Å². The van der Waals surface area contributed by atoms with E-state index in [1.165, 1.54) is 0 Å². The van der Waals surface area contributed by atoms with Crippen LogP contribution in [0.5, 0.6) is 0 Å². The third kappa shape index (κ3) is 3.65. The number of rotatable bonds is 5. The van der Waals surface area contributed by atoms with Crippen LogP contribution in [0, 0.1) is 0 Å². The number of hydrogen-bond donors (Lipinski definition) is 0. The van der Waals surface area contributed by atoms with Crippen LogP contribution in [0.15, 0.2) is 84.9 Å². The van der Waals surface area contributed by atoms with Gasteiger partial charge in [-0.15, -0.1) is 0 Å². The molecule has 0 unspecified atom stereocenters. The molecule has 0 bridgehead atoms. The molecule has 3 aromatic carbocycles. The number of anilines is 1. The second-order valence-electron chi connectivity index (χ2n) is 6.09. The lowest BCUT2D eigenvalue weighted by atomic mass is 10.1. The van der Waals surface area contributed by atoms with Crippen molar-refractivity contribution in [1.82, 2.24) is 4.98 Å². The third-order valence-corrected chi connectivity index (χ3v) is 5.26. The summed E-state index contributed by atoms with van der Waals surface area (Å²) in [5, 5.41) is 0.746. The van der Waals surface area contributed by atoms with E-state index in [4.69, 9.17) is 4.98 Å². The molecular formula is C22H18N2OS. The molecule has 1 amide bonds.